The smallest absolute Gasteiger partial charge is 0.280 e. The van der Waals surface area contributed by atoms with Crippen LogP contribution < -0.4 is 10.0 Å². The van der Waals surface area contributed by atoms with E-state index in [1.165, 1.54) is 7.05 Å². The van der Waals surface area contributed by atoms with Gasteiger partial charge in [-0.05, 0) is 38.0 Å². The van der Waals surface area contributed by atoms with Crippen LogP contribution in [-0.2, 0) is 22.1 Å². The Balaban J connectivity index is 1.89. The molecule has 2 unspecified atom stereocenters. The summed E-state index contributed by atoms with van der Waals surface area (Å²) in [6.45, 7) is 3.61. The highest BCUT2D eigenvalue weighted by atomic mass is 35.5. The van der Waals surface area contributed by atoms with Crippen LogP contribution in [0.15, 0.2) is 24.4 Å². The molecule has 2 atom stereocenters. The molecular formula is C17H22ClN5O3S. The number of nitrogens with zero attached hydrogens (tertiary/aromatic N) is 3. The number of halogens is 1. The Labute approximate surface area is 163 Å². The molecule has 27 heavy (non-hydrogen) atoms. The van der Waals surface area contributed by atoms with Crippen molar-refractivity contribution >= 4 is 33.4 Å². The first-order valence-corrected chi connectivity index (χ1v) is 10.2. The van der Waals surface area contributed by atoms with Crippen molar-refractivity contribution in [3.63, 3.8) is 0 Å². The van der Waals surface area contributed by atoms with Crippen LogP contribution >= 0.6 is 11.6 Å². The third-order valence-electron chi connectivity index (χ3n) is 4.82. The van der Waals surface area contributed by atoms with E-state index in [0.29, 0.717) is 10.7 Å². The number of amides is 1. The maximum absolute atomic E-state index is 12.9. The molecule has 0 bridgehead atoms. The fourth-order valence-corrected chi connectivity index (χ4v) is 4.67. The Bertz CT molecular complexity index is 988. The SMILES string of the molecule is Cc1nn(C)cc1C1CC(C(=O)Nc2cccc(Cl)c2C)N(C)S(=O)(=O)N1. The minimum atomic E-state index is -3.81. The maximum Gasteiger partial charge on any atom is 0.280 e. The third-order valence-corrected chi connectivity index (χ3v) is 6.83. The molecule has 0 radical (unpaired) electrons. The van der Waals surface area contributed by atoms with Gasteiger partial charge >= 0.3 is 0 Å². The quantitative estimate of drug-likeness (QED) is 0.806. The Morgan fingerprint density at radius 3 is 2.67 bits per heavy atom. The molecule has 10 heteroatoms. The van der Waals surface area contributed by atoms with Crippen molar-refractivity contribution in [1.82, 2.24) is 18.8 Å². The van der Waals surface area contributed by atoms with Crippen molar-refractivity contribution in [2.45, 2.75) is 32.4 Å². The number of carbonyl (C=O) groups excluding carboxylic acids is 1. The average molecular weight is 412 g/mol. The van der Waals surface area contributed by atoms with E-state index in [9.17, 15) is 13.2 Å². The van der Waals surface area contributed by atoms with Gasteiger partial charge in [0.05, 0.1) is 11.7 Å². The first-order chi connectivity index (χ1) is 12.6. The molecule has 1 fully saturated rings. The summed E-state index contributed by atoms with van der Waals surface area (Å²) < 4.78 is 30.4. The van der Waals surface area contributed by atoms with E-state index in [0.717, 1.165) is 21.1 Å². The number of carbonyl (C=O) groups is 1. The van der Waals surface area contributed by atoms with Crippen LogP contribution in [0.1, 0.15) is 29.3 Å². The molecule has 2 N–H and O–H groups in total. The summed E-state index contributed by atoms with van der Waals surface area (Å²) in [7, 11) is -0.649. The molecule has 1 aliphatic heterocycles. The van der Waals surface area contributed by atoms with Gasteiger partial charge in [-0.25, -0.2) is 0 Å². The Hall–Kier alpha value is -1.94. The molecule has 0 spiro atoms. The van der Waals surface area contributed by atoms with Crippen LogP contribution in [0.5, 0.6) is 0 Å². The normalized spacial score (nSPS) is 22.6. The second-order valence-corrected chi connectivity index (χ2v) is 8.86. The zero-order valence-corrected chi connectivity index (χ0v) is 17.1. The molecule has 1 aromatic carbocycles. The zero-order chi connectivity index (χ0) is 19.9. The van der Waals surface area contributed by atoms with Crippen LogP contribution in [0.25, 0.3) is 0 Å². The summed E-state index contributed by atoms with van der Waals surface area (Å²) in [4.78, 5) is 12.9. The number of benzene rings is 1. The lowest BCUT2D eigenvalue weighted by Gasteiger charge is -2.36. The average Bonchev–Trinajstić information content (AvgIpc) is 2.92. The lowest BCUT2D eigenvalue weighted by molar-refractivity contribution is -0.120. The van der Waals surface area contributed by atoms with Crippen molar-refractivity contribution in [2.75, 3.05) is 12.4 Å². The number of likely N-dealkylation sites (N-methyl/N-ethyl adjacent to an activating group) is 1. The van der Waals surface area contributed by atoms with Gasteiger partial charge in [-0.2, -0.15) is 22.5 Å². The van der Waals surface area contributed by atoms with Gasteiger partial charge in [0.1, 0.15) is 6.04 Å². The van der Waals surface area contributed by atoms with Gasteiger partial charge in [0.25, 0.3) is 10.2 Å². The summed E-state index contributed by atoms with van der Waals surface area (Å²) in [5.41, 5.74) is 2.77. The van der Waals surface area contributed by atoms with Crippen LogP contribution in [0, 0.1) is 13.8 Å². The number of hydrogen-bond donors (Lipinski definition) is 2. The van der Waals surface area contributed by atoms with Gasteiger partial charge in [-0.1, -0.05) is 17.7 Å². The monoisotopic (exact) mass is 411 g/mol. The zero-order valence-electron chi connectivity index (χ0n) is 15.5. The van der Waals surface area contributed by atoms with E-state index in [2.05, 4.69) is 15.1 Å². The van der Waals surface area contributed by atoms with Gasteiger partial charge in [-0.3, -0.25) is 9.48 Å². The molecule has 1 aliphatic rings. The molecule has 146 valence electrons. The molecular weight excluding hydrogens is 390 g/mol. The highest BCUT2D eigenvalue weighted by Crippen LogP contribution is 2.30. The molecule has 1 aromatic heterocycles. The van der Waals surface area contributed by atoms with Gasteiger partial charge in [0.15, 0.2) is 0 Å². The minimum absolute atomic E-state index is 0.285. The van der Waals surface area contributed by atoms with E-state index in [1.54, 1.807) is 43.0 Å². The fourth-order valence-electron chi connectivity index (χ4n) is 3.23. The topological polar surface area (TPSA) is 96.3 Å². The number of anilines is 1. The molecule has 1 amide bonds. The van der Waals surface area contributed by atoms with Gasteiger partial charge in [-0.15, -0.1) is 0 Å². The lowest BCUT2D eigenvalue weighted by Crippen LogP contribution is -2.56. The molecule has 2 aromatic rings. The Kier molecular flexibility index (Phi) is 5.31. The maximum atomic E-state index is 12.9. The standard InChI is InChI=1S/C17H22ClN5O3S/c1-10-13(18)6-5-7-14(10)19-17(24)16-8-15(21-27(25,26)23(16)4)12-9-22(3)20-11(12)2/h5-7,9,15-16,21H,8H2,1-4H3,(H,19,24). The Morgan fingerprint density at radius 2 is 2.04 bits per heavy atom. The molecule has 1 saturated heterocycles. The van der Waals surface area contributed by atoms with E-state index in [4.69, 9.17) is 11.6 Å². The first kappa shape index (κ1) is 19.8. The molecule has 3 rings (SSSR count). The second kappa shape index (κ2) is 7.23. The van der Waals surface area contributed by atoms with Gasteiger partial charge in [0, 0.05) is 36.6 Å². The van der Waals surface area contributed by atoms with Crippen molar-refractivity contribution in [1.29, 1.82) is 0 Å². The van der Waals surface area contributed by atoms with Gasteiger partial charge in [0.2, 0.25) is 5.91 Å². The largest absolute Gasteiger partial charge is 0.324 e. The van der Waals surface area contributed by atoms with Crippen LogP contribution in [0.4, 0.5) is 5.69 Å². The number of aromatic nitrogens is 2. The predicted octanol–water partition coefficient (Wildman–Crippen LogP) is 1.91. The lowest BCUT2D eigenvalue weighted by atomic mass is 10.00. The summed E-state index contributed by atoms with van der Waals surface area (Å²) in [6, 6.07) is 3.80. The Morgan fingerprint density at radius 1 is 1.33 bits per heavy atom. The summed E-state index contributed by atoms with van der Waals surface area (Å²) >= 11 is 6.10. The third kappa shape index (κ3) is 3.86. The van der Waals surface area contributed by atoms with Crippen LogP contribution in [0.2, 0.25) is 5.02 Å². The number of aryl methyl sites for hydroxylation is 2. The number of rotatable bonds is 3. The second-order valence-electron chi connectivity index (χ2n) is 6.69. The number of nitrogens with one attached hydrogen (secondary N) is 2. The van der Waals surface area contributed by atoms with E-state index in [-0.39, 0.29) is 6.42 Å². The number of hydrogen-bond acceptors (Lipinski definition) is 4. The molecule has 0 saturated carbocycles. The molecule has 0 aliphatic carbocycles. The van der Waals surface area contributed by atoms with Crippen molar-refractivity contribution < 1.29 is 13.2 Å². The van der Waals surface area contributed by atoms with E-state index in [1.807, 2.05) is 6.92 Å². The van der Waals surface area contributed by atoms with Crippen molar-refractivity contribution in [3.05, 3.63) is 46.2 Å². The fraction of sp³-hybridized carbons (Fsp3) is 0.412. The van der Waals surface area contributed by atoms with Gasteiger partial charge < -0.3 is 5.32 Å². The minimum Gasteiger partial charge on any atom is -0.324 e. The summed E-state index contributed by atoms with van der Waals surface area (Å²) in [5.74, 6) is -0.403. The first-order valence-electron chi connectivity index (χ1n) is 8.41. The highest BCUT2D eigenvalue weighted by Gasteiger charge is 2.41. The summed E-state index contributed by atoms with van der Waals surface area (Å²) in [5, 5.41) is 7.60. The van der Waals surface area contributed by atoms with E-state index >= 15 is 0 Å². The molecule has 2 heterocycles. The van der Waals surface area contributed by atoms with Crippen LogP contribution in [-0.4, -0.2) is 41.5 Å². The van der Waals surface area contributed by atoms with Crippen LogP contribution in [0.3, 0.4) is 0 Å². The summed E-state index contributed by atoms with van der Waals surface area (Å²) in [6.07, 6.45) is 2.05. The molecule has 8 nitrogen and oxygen atoms in total. The van der Waals surface area contributed by atoms with E-state index < -0.39 is 28.2 Å². The van der Waals surface area contributed by atoms with Crippen molar-refractivity contribution in [3.8, 4) is 0 Å². The van der Waals surface area contributed by atoms with Crippen molar-refractivity contribution in [2.24, 2.45) is 7.05 Å². The highest BCUT2D eigenvalue weighted by molar-refractivity contribution is 7.87. The predicted molar refractivity (Wildman–Crippen MR) is 104 cm³/mol.